The Hall–Kier alpha value is -2.38. The molecule has 2 amide bonds. The predicted octanol–water partition coefficient (Wildman–Crippen LogP) is 1.86. The highest BCUT2D eigenvalue weighted by molar-refractivity contribution is 5.74. The number of imidazole rings is 1. The van der Waals surface area contributed by atoms with E-state index in [1.165, 1.54) is 0 Å². The fraction of sp³-hybridized carbons (Fsp3) is 0.500. The smallest absolute Gasteiger partial charge is 0.317 e. The molecule has 0 spiro atoms. The first-order chi connectivity index (χ1) is 13.1. The minimum atomic E-state index is -0.348. The summed E-state index contributed by atoms with van der Waals surface area (Å²) < 4.78 is 1.95. The number of aliphatic hydroxyl groups is 1. The predicted molar refractivity (Wildman–Crippen MR) is 105 cm³/mol. The molecule has 2 unspecified atom stereocenters. The summed E-state index contributed by atoms with van der Waals surface area (Å²) in [6, 6.07) is 8.25. The molecule has 146 valence electrons. The van der Waals surface area contributed by atoms with E-state index < -0.39 is 0 Å². The highest BCUT2D eigenvalue weighted by Gasteiger charge is 2.28. The molecule has 0 radical (unpaired) electrons. The summed E-state index contributed by atoms with van der Waals surface area (Å²) in [5.41, 5.74) is 2.06. The van der Waals surface area contributed by atoms with Crippen LogP contribution in [0.25, 0.3) is 5.69 Å². The second kappa shape index (κ2) is 9.01. The molecule has 1 aromatic carbocycles. The zero-order chi connectivity index (χ0) is 19.2. The van der Waals surface area contributed by atoms with Gasteiger partial charge in [0.05, 0.1) is 18.1 Å². The van der Waals surface area contributed by atoms with Crippen LogP contribution in [-0.2, 0) is 6.54 Å². The Bertz CT molecular complexity index is 732. The van der Waals surface area contributed by atoms with E-state index in [4.69, 9.17) is 0 Å². The zero-order valence-corrected chi connectivity index (χ0v) is 16.1. The molecule has 2 atom stereocenters. The Morgan fingerprint density at radius 1 is 1.37 bits per heavy atom. The maximum absolute atomic E-state index is 12.7. The van der Waals surface area contributed by atoms with Crippen LogP contribution in [0, 0.1) is 0 Å². The molecule has 2 aromatic rings. The SMILES string of the molecule is CCC1CN(C(=O)NCc2ccccc2-n2ccnc2)CCN1CC(C)O. The van der Waals surface area contributed by atoms with Crippen LogP contribution in [0.2, 0.25) is 0 Å². The average Bonchev–Trinajstić information content (AvgIpc) is 3.20. The standard InChI is InChI=1S/C20H29N5O2/c1-3-18-14-24(11-10-23(18)13-16(2)26)20(27)22-12-17-6-4-5-7-19(17)25-9-8-21-15-25/h4-9,15-16,18,26H,3,10-14H2,1-2H3,(H,22,27). The third-order valence-electron chi connectivity index (χ3n) is 5.07. The number of β-amino-alcohol motifs (C(OH)–C–C–N with tert-alkyl or cyclic N) is 1. The van der Waals surface area contributed by atoms with E-state index >= 15 is 0 Å². The molecule has 0 bridgehead atoms. The molecule has 0 saturated carbocycles. The van der Waals surface area contributed by atoms with Crippen LogP contribution in [0.5, 0.6) is 0 Å². The van der Waals surface area contributed by atoms with E-state index in [1.54, 1.807) is 12.5 Å². The largest absolute Gasteiger partial charge is 0.392 e. The van der Waals surface area contributed by atoms with Crippen molar-refractivity contribution < 1.29 is 9.90 Å². The van der Waals surface area contributed by atoms with E-state index in [9.17, 15) is 9.90 Å². The van der Waals surface area contributed by atoms with E-state index in [0.29, 0.717) is 26.2 Å². The first-order valence-corrected chi connectivity index (χ1v) is 9.59. The summed E-state index contributed by atoms with van der Waals surface area (Å²) in [5.74, 6) is 0. The van der Waals surface area contributed by atoms with Crippen molar-refractivity contribution in [1.29, 1.82) is 0 Å². The van der Waals surface area contributed by atoms with Crippen LogP contribution in [-0.4, -0.2) is 68.8 Å². The third-order valence-corrected chi connectivity index (χ3v) is 5.07. The summed E-state index contributed by atoms with van der Waals surface area (Å²) in [6.07, 6.45) is 6.01. The van der Waals surface area contributed by atoms with E-state index in [0.717, 1.165) is 24.2 Å². The summed E-state index contributed by atoms with van der Waals surface area (Å²) in [7, 11) is 0. The molecule has 1 aliphatic heterocycles. The highest BCUT2D eigenvalue weighted by Crippen LogP contribution is 2.16. The van der Waals surface area contributed by atoms with Gasteiger partial charge in [0, 0.05) is 51.2 Å². The molecule has 3 rings (SSSR count). The van der Waals surface area contributed by atoms with Gasteiger partial charge in [-0.25, -0.2) is 9.78 Å². The number of piperazine rings is 1. The summed E-state index contributed by atoms with van der Waals surface area (Å²) in [4.78, 5) is 20.9. The number of urea groups is 1. The van der Waals surface area contributed by atoms with Crippen LogP contribution >= 0.6 is 0 Å². The molecule has 1 fully saturated rings. The van der Waals surface area contributed by atoms with Crippen molar-refractivity contribution in [3.05, 3.63) is 48.5 Å². The Morgan fingerprint density at radius 2 is 2.19 bits per heavy atom. The minimum absolute atomic E-state index is 0.0365. The van der Waals surface area contributed by atoms with Gasteiger partial charge >= 0.3 is 6.03 Å². The molecule has 1 aromatic heterocycles. The molecule has 1 aliphatic rings. The van der Waals surface area contributed by atoms with Crippen LogP contribution in [0.1, 0.15) is 25.8 Å². The number of carbonyl (C=O) groups excluding carboxylic acids is 1. The number of hydrogen-bond donors (Lipinski definition) is 2. The zero-order valence-electron chi connectivity index (χ0n) is 16.1. The summed E-state index contributed by atoms with van der Waals surface area (Å²) >= 11 is 0. The minimum Gasteiger partial charge on any atom is -0.392 e. The maximum Gasteiger partial charge on any atom is 0.317 e. The monoisotopic (exact) mass is 371 g/mol. The lowest BCUT2D eigenvalue weighted by Crippen LogP contribution is -2.57. The number of benzene rings is 1. The van der Waals surface area contributed by atoms with Crippen LogP contribution in [0.4, 0.5) is 4.79 Å². The highest BCUT2D eigenvalue weighted by atomic mass is 16.3. The normalized spacial score (nSPS) is 19.1. The quantitative estimate of drug-likeness (QED) is 0.813. The van der Waals surface area contributed by atoms with Gasteiger partial charge in [-0.2, -0.15) is 0 Å². The molecule has 0 aliphatic carbocycles. The van der Waals surface area contributed by atoms with Crippen LogP contribution < -0.4 is 5.32 Å². The van der Waals surface area contributed by atoms with Crippen molar-refractivity contribution in [2.24, 2.45) is 0 Å². The number of nitrogens with one attached hydrogen (secondary N) is 1. The van der Waals surface area contributed by atoms with Crippen molar-refractivity contribution in [2.75, 3.05) is 26.2 Å². The maximum atomic E-state index is 12.7. The van der Waals surface area contributed by atoms with E-state index in [1.807, 2.05) is 46.9 Å². The lowest BCUT2D eigenvalue weighted by molar-refractivity contribution is 0.0484. The van der Waals surface area contributed by atoms with E-state index in [-0.39, 0.29) is 18.2 Å². The molecule has 7 nitrogen and oxygen atoms in total. The fourth-order valence-electron chi connectivity index (χ4n) is 3.64. The number of aliphatic hydroxyl groups excluding tert-OH is 1. The third kappa shape index (κ3) is 4.87. The van der Waals surface area contributed by atoms with Gasteiger partial charge in [-0.05, 0) is 25.0 Å². The number of para-hydroxylation sites is 1. The first-order valence-electron chi connectivity index (χ1n) is 9.59. The number of amides is 2. The van der Waals surface area contributed by atoms with Gasteiger partial charge in [0.15, 0.2) is 0 Å². The molecule has 7 heteroatoms. The van der Waals surface area contributed by atoms with Gasteiger partial charge in [0.25, 0.3) is 0 Å². The lowest BCUT2D eigenvalue weighted by Gasteiger charge is -2.41. The summed E-state index contributed by atoms with van der Waals surface area (Å²) in [5, 5.41) is 12.7. The van der Waals surface area contributed by atoms with Gasteiger partial charge in [-0.3, -0.25) is 4.90 Å². The Kier molecular flexibility index (Phi) is 6.47. The van der Waals surface area contributed by atoms with Crippen molar-refractivity contribution in [1.82, 2.24) is 24.7 Å². The molecule has 1 saturated heterocycles. The lowest BCUT2D eigenvalue weighted by atomic mass is 10.1. The fourth-order valence-corrected chi connectivity index (χ4v) is 3.64. The second-order valence-electron chi connectivity index (χ2n) is 7.11. The van der Waals surface area contributed by atoms with E-state index in [2.05, 4.69) is 22.1 Å². The van der Waals surface area contributed by atoms with Gasteiger partial charge in [0.1, 0.15) is 0 Å². The first kappa shape index (κ1) is 19.4. The molecule has 2 heterocycles. The van der Waals surface area contributed by atoms with Crippen LogP contribution in [0.15, 0.2) is 43.0 Å². The topological polar surface area (TPSA) is 73.6 Å². The summed E-state index contributed by atoms with van der Waals surface area (Å²) in [6.45, 7) is 7.23. The van der Waals surface area contributed by atoms with Gasteiger partial charge in [-0.15, -0.1) is 0 Å². The second-order valence-corrected chi connectivity index (χ2v) is 7.11. The van der Waals surface area contributed by atoms with Crippen molar-refractivity contribution in [3.8, 4) is 5.69 Å². The van der Waals surface area contributed by atoms with Gasteiger partial charge in [0.2, 0.25) is 0 Å². The Morgan fingerprint density at radius 3 is 2.89 bits per heavy atom. The average molecular weight is 371 g/mol. The van der Waals surface area contributed by atoms with Crippen LogP contribution in [0.3, 0.4) is 0 Å². The molecule has 27 heavy (non-hydrogen) atoms. The molecular formula is C20H29N5O2. The van der Waals surface area contributed by atoms with Crippen molar-refractivity contribution in [2.45, 2.75) is 39.0 Å². The number of carbonyl (C=O) groups is 1. The molecular weight excluding hydrogens is 342 g/mol. The Balaban J connectivity index is 1.59. The molecule has 2 N–H and O–H groups in total. The van der Waals surface area contributed by atoms with Gasteiger partial charge < -0.3 is 19.9 Å². The number of hydrogen-bond acceptors (Lipinski definition) is 4. The van der Waals surface area contributed by atoms with Gasteiger partial charge in [-0.1, -0.05) is 25.1 Å². The Labute approximate surface area is 160 Å². The number of rotatable bonds is 6. The van der Waals surface area contributed by atoms with Crippen molar-refractivity contribution >= 4 is 6.03 Å². The number of nitrogens with zero attached hydrogens (tertiary/aromatic N) is 4. The number of aromatic nitrogens is 2. The van der Waals surface area contributed by atoms with Crippen molar-refractivity contribution in [3.63, 3.8) is 0 Å².